The number of aliphatic hydroxyl groups is 1. The molecule has 1 aliphatic carbocycles. The number of anilines is 1. The lowest BCUT2D eigenvalue weighted by molar-refractivity contribution is 0.0235. The van der Waals surface area contributed by atoms with Gasteiger partial charge in [0.15, 0.2) is 0 Å². The molecule has 0 aromatic heterocycles. The molecule has 2 aromatic rings. The smallest absolute Gasteiger partial charge is 0.253 e. The summed E-state index contributed by atoms with van der Waals surface area (Å²) in [7, 11) is 0. The van der Waals surface area contributed by atoms with E-state index in [1.165, 1.54) is 12.8 Å². The molecule has 0 bridgehead atoms. The average molecular weight is 350 g/mol. The van der Waals surface area contributed by atoms with Crippen LogP contribution in [0.2, 0.25) is 0 Å². The van der Waals surface area contributed by atoms with Crippen molar-refractivity contribution < 1.29 is 9.90 Å². The zero-order valence-electron chi connectivity index (χ0n) is 15.0. The highest BCUT2D eigenvalue weighted by Gasteiger charge is 2.36. The first kappa shape index (κ1) is 17.1. The number of benzene rings is 2. The monoisotopic (exact) mass is 350 g/mol. The highest BCUT2D eigenvalue weighted by Crippen LogP contribution is 2.38. The molecule has 2 fully saturated rings. The van der Waals surface area contributed by atoms with E-state index >= 15 is 0 Å². The zero-order valence-corrected chi connectivity index (χ0v) is 15.0. The molecule has 4 rings (SSSR count). The highest BCUT2D eigenvalue weighted by atomic mass is 16.3. The van der Waals surface area contributed by atoms with Crippen molar-refractivity contribution >= 4 is 11.6 Å². The third-order valence-corrected chi connectivity index (χ3v) is 5.66. The van der Waals surface area contributed by atoms with Crippen LogP contribution in [0.1, 0.15) is 47.6 Å². The fourth-order valence-electron chi connectivity index (χ4n) is 4.15. The van der Waals surface area contributed by atoms with Crippen molar-refractivity contribution in [2.75, 3.05) is 18.0 Å². The number of amides is 1. The minimum absolute atomic E-state index is 0.0252. The van der Waals surface area contributed by atoms with Gasteiger partial charge in [-0.2, -0.15) is 0 Å². The van der Waals surface area contributed by atoms with E-state index < -0.39 is 0 Å². The number of carbonyl (C=O) groups is 1. The molecular weight excluding hydrogens is 324 g/mol. The predicted octanol–water partition coefficient (Wildman–Crippen LogP) is 3.53. The van der Waals surface area contributed by atoms with E-state index in [9.17, 15) is 9.90 Å². The van der Waals surface area contributed by atoms with E-state index in [1.54, 1.807) is 0 Å². The fourth-order valence-corrected chi connectivity index (χ4v) is 4.15. The van der Waals surface area contributed by atoms with Gasteiger partial charge in [0.1, 0.15) is 0 Å². The summed E-state index contributed by atoms with van der Waals surface area (Å²) in [6, 6.07) is 17.9. The Morgan fingerprint density at radius 2 is 1.65 bits per heavy atom. The Kier molecular flexibility index (Phi) is 4.93. The van der Waals surface area contributed by atoms with Gasteiger partial charge in [-0.05, 0) is 49.3 Å². The second-order valence-electron chi connectivity index (χ2n) is 7.46. The Morgan fingerprint density at radius 1 is 1.00 bits per heavy atom. The summed E-state index contributed by atoms with van der Waals surface area (Å²) < 4.78 is 0. The van der Waals surface area contributed by atoms with Gasteiger partial charge in [0.05, 0.1) is 17.7 Å². The van der Waals surface area contributed by atoms with Crippen molar-refractivity contribution in [1.29, 1.82) is 0 Å². The molecule has 136 valence electrons. The summed E-state index contributed by atoms with van der Waals surface area (Å²) in [5.41, 5.74) is 2.88. The summed E-state index contributed by atoms with van der Waals surface area (Å²) in [5, 5.41) is 13.0. The van der Waals surface area contributed by atoms with Crippen LogP contribution in [0.5, 0.6) is 0 Å². The first-order valence-electron chi connectivity index (χ1n) is 9.60. The molecule has 0 spiro atoms. The Bertz CT molecular complexity index is 750. The van der Waals surface area contributed by atoms with Gasteiger partial charge >= 0.3 is 0 Å². The summed E-state index contributed by atoms with van der Waals surface area (Å²) in [5.74, 6) is 0.262. The standard InChI is InChI=1S/C22H26N2O2/c25-18-14-17(15-18)21(16-8-2-1-3-9-16)23-22(26)19-10-4-5-11-20(19)24-12-6-7-13-24/h1-5,8-11,17-18,21,25H,6-7,12-15H2,(H,23,26)/t17?,18?,21-/m1/s1. The fraction of sp³-hybridized carbons (Fsp3) is 0.409. The molecule has 2 N–H and O–H groups in total. The number of aliphatic hydroxyl groups excluding tert-OH is 1. The number of hydrogen-bond acceptors (Lipinski definition) is 3. The first-order valence-corrected chi connectivity index (χ1v) is 9.60. The molecule has 0 unspecified atom stereocenters. The second-order valence-corrected chi connectivity index (χ2v) is 7.46. The molecule has 0 radical (unpaired) electrons. The van der Waals surface area contributed by atoms with Crippen LogP contribution in [0.15, 0.2) is 54.6 Å². The SMILES string of the molecule is O=C(N[C@H](c1ccccc1)C1CC(O)C1)c1ccccc1N1CCCC1. The lowest BCUT2D eigenvalue weighted by atomic mass is 9.75. The number of nitrogens with zero attached hydrogens (tertiary/aromatic N) is 1. The summed E-state index contributed by atoms with van der Waals surface area (Å²) >= 11 is 0. The number of nitrogens with one attached hydrogen (secondary N) is 1. The van der Waals surface area contributed by atoms with Crippen LogP contribution in [-0.2, 0) is 0 Å². The lowest BCUT2D eigenvalue weighted by Gasteiger charge is -2.38. The quantitative estimate of drug-likeness (QED) is 0.867. The topological polar surface area (TPSA) is 52.6 Å². The Labute approximate surface area is 154 Å². The predicted molar refractivity (Wildman–Crippen MR) is 103 cm³/mol. The summed E-state index contributed by atoms with van der Waals surface area (Å²) in [6.45, 7) is 2.03. The van der Waals surface area contributed by atoms with Crippen LogP contribution in [0.3, 0.4) is 0 Å². The van der Waals surface area contributed by atoms with Crippen LogP contribution >= 0.6 is 0 Å². The van der Waals surface area contributed by atoms with Gasteiger partial charge in [-0.3, -0.25) is 4.79 Å². The molecule has 1 aliphatic heterocycles. The van der Waals surface area contributed by atoms with Gasteiger partial charge in [0, 0.05) is 18.8 Å². The van der Waals surface area contributed by atoms with E-state index in [0.29, 0.717) is 0 Å². The number of rotatable bonds is 5. The number of para-hydroxylation sites is 1. The minimum atomic E-state index is -0.236. The molecule has 1 amide bonds. The van der Waals surface area contributed by atoms with Crippen molar-refractivity contribution in [3.05, 3.63) is 65.7 Å². The van der Waals surface area contributed by atoms with E-state index in [4.69, 9.17) is 0 Å². The molecule has 1 saturated carbocycles. The maximum atomic E-state index is 13.1. The van der Waals surface area contributed by atoms with Crippen molar-refractivity contribution in [3.8, 4) is 0 Å². The highest BCUT2D eigenvalue weighted by molar-refractivity contribution is 6.00. The molecule has 1 heterocycles. The zero-order chi connectivity index (χ0) is 17.9. The van der Waals surface area contributed by atoms with Crippen LogP contribution in [0.4, 0.5) is 5.69 Å². The molecule has 4 nitrogen and oxygen atoms in total. The Morgan fingerprint density at radius 3 is 2.35 bits per heavy atom. The van der Waals surface area contributed by atoms with E-state index in [-0.39, 0.29) is 24.0 Å². The van der Waals surface area contributed by atoms with Crippen molar-refractivity contribution in [2.45, 2.75) is 37.8 Å². The van der Waals surface area contributed by atoms with Gasteiger partial charge in [-0.15, -0.1) is 0 Å². The third-order valence-electron chi connectivity index (χ3n) is 5.66. The van der Waals surface area contributed by atoms with E-state index in [2.05, 4.69) is 22.3 Å². The third kappa shape index (κ3) is 3.47. The molecular formula is C22H26N2O2. The van der Waals surface area contributed by atoms with E-state index in [0.717, 1.165) is 42.7 Å². The number of hydrogen-bond donors (Lipinski definition) is 2. The minimum Gasteiger partial charge on any atom is -0.393 e. The molecule has 2 aromatic carbocycles. The summed E-state index contributed by atoms with van der Waals surface area (Å²) in [6.07, 6.45) is 3.62. The van der Waals surface area contributed by atoms with Crippen LogP contribution in [0.25, 0.3) is 0 Å². The van der Waals surface area contributed by atoms with Crippen LogP contribution < -0.4 is 10.2 Å². The van der Waals surface area contributed by atoms with Gasteiger partial charge in [0.2, 0.25) is 0 Å². The van der Waals surface area contributed by atoms with Gasteiger partial charge in [-0.25, -0.2) is 0 Å². The number of carbonyl (C=O) groups excluding carboxylic acids is 1. The lowest BCUT2D eigenvalue weighted by Crippen LogP contribution is -2.41. The molecule has 1 saturated heterocycles. The van der Waals surface area contributed by atoms with E-state index in [1.807, 2.05) is 42.5 Å². The Hall–Kier alpha value is -2.33. The van der Waals surface area contributed by atoms with Crippen molar-refractivity contribution in [2.24, 2.45) is 5.92 Å². The van der Waals surface area contributed by atoms with Crippen LogP contribution in [0, 0.1) is 5.92 Å². The average Bonchev–Trinajstić information content (AvgIpc) is 3.19. The van der Waals surface area contributed by atoms with Crippen molar-refractivity contribution in [3.63, 3.8) is 0 Å². The Balaban J connectivity index is 1.57. The largest absolute Gasteiger partial charge is 0.393 e. The molecule has 26 heavy (non-hydrogen) atoms. The summed E-state index contributed by atoms with van der Waals surface area (Å²) in [4.78, 5) is 15.4. The van der Waals surface area contributed by atoms with Crippen LogP contribution in [-0.4, -0.2) is 30.2 Å². The molecule has 4 heteroatoms. The first-order chi connectivity index (χ1) is 12.7. The molecule has 1 atom stereocenters. The maximum Gasteiger partial charge on any atom is 0.253 e. The second kappa shape index (κ2) is 7.50. The molecule has 2 aliphatic rings. The normalized spacial score (nSPS) is 23.3. The van der Waals surface area contributed by atoms with Gasteiger partial charge < -0.3 is 15.3 Å². The van der Waals surface area contributed by atoms with Gasteiger partial charge in [0.25, 0.3) is 5.91 Å². The van der Waals surface area contributed by atoms with Crippen molar-refractivity contribution in [1.82, 2.24) is 5.32 Å². The maximum absolute atomic E-state index is 13.1. The van der Waals surface area contributed by atoms with Gasteiger partial charge in [-0.1, -0.05) is 42.5 Å².